The van der Waals surface area contributed by atoms with Gasteiger partial charge in [0.15, 0.2) is 0 Å². The number of aromatic nitrogens is 1. The van der Waals surface area contributed by atoms with E-state index in [1.807, 2.05) is 12.5 Å². The Labute approximate surface area is 125 Å². The van der Waals surface area contributed by atoms with Crippen LogP contribution in [-0.2, 0) is 0 Å². The van der Waals surface area contributed by atoms with E-state index in [0.717, 1.165) is 44.0 Å². The second-order valence-corrected chi connectivity index (χ2v) is 6.95. The molecule has 0 radical (unpaired) electrons. The Bertz CT molecular complexity index is 459. The van der Waals surface area contributed by atoms with Crippen molar-refractivity contribution in [3.63, 3.8) is 0 Å². The Hall–Kier alpha value is -0.780. The summed E-state index contributed by atoms with van der Waals surface area (Å²) in [6, 6.07) is 4.23. The summed E-state index contributed by atoms with van der Waals surface area (Å²) in [5.41, 5.74) is 0.712. The molecule has 3 heterocycles. The van der Waals surface area contributed by atoms with E-state index >= 15 is 0 Å². The van der Waals surface area contributed by atoms with Gasteiger partial charge >= 0.3 is 0 Å². The van der Waals surface area contributed by atoms with Gasteiger partial charge in [-0.1, -0.05) is 0 Å². The van der Waals surface area contributed by atoms with Crippen LogP contribution in [-0.4, -0.2) is 60.1 Å². The van der Waals surface area contributed by atoms with Crippen molar-refractivity contribution in [3.05, 3.63) is 18.3 Å². The molecule has 2 aliphatic rings. The molecule has 1 aromatic heterocycles. The Morgan fingerprint density at radius 1 is 1.40 bits per heavy atom. The predicted octanol–water partition coefficient (Wildman–Crippen LogP) is 1.70. The quantitative estimate of drug-likeness (QED) is 0.859. The van der Waals surface area contributed by atoms with Gasteiger partial charge in [-0.15, -0.1) is 11.8 Å². The Morgan fingerprint density at radius 2 is 2.20 bits per heavy atom. The van der Waals surface area contributed by atoms with Crippen LogP contribution in [0.1, 0.15) is 12.8 Å². The molecule has 2 fully saturated rings. The van der Waals surface area contributed by atoms with Crippen molar-refractivity contribution in [3.8, 4) is 0 Å². The van der Waals surface area contributed by atoms with E-state index in [2.05, 4.69) is 34.0 Å². The van der Waals surface area contributed by atoms with E-state index in [9.17, 15) is 5.11 Å². The second kappa shape index (κ2) is 5.54. The van der Waals surface area contributed by atoms with Gasteiger partial charge in [0.1, 0.15) is 0 Å². The minimum absolute atomic E-state index is 0.382. The van der Waals surface area contributed by atoms with Crippen LogP contribution in [0.5, 0.6) is 0 Å². The molecule has 0 unspecified atom stereocenters. The molecular formula is C15H23N3OS. The molecule has 0 bridgehead atoms. The van der Waals surface area contributed by atoms with Crippen LogP contribution < -0.4 is 4.90 Å². The molecule has 0 saturated carbocycles. The number of pyridine rings is 1. The number of likely N-dealkylation sites (tertiary alicyclic amines) is 1. The predicted molar refractivity (Wildman–Crippen MR) is 83.4 cm³/mol. The fraction of sp³-hybridized carbons (Fsp3) is 0.667. The number of likely N-dealkylation sites (N-methyl/N-ethyl adjacent to an activating group) is 1. The number of aliphatic hydroxyl groups is 1. The third-order valence-electron chi connectivity index (χ3n) is 4.56. The van der Waals surface area contributed by atoms with E-state index in [4.69, 9.17) is 0 Å². The average Bonchev–Trinajstić information content (AvgIpc) is 2.46. The molecule has 0 aliphatic carbocycles. The molecule has 0 aromatic carbocycles. The normalized spacial score (nSPS) is 26.4. The number of β-amino-alcohol motifs (C(OH)–C–C–N with tert-alkyl or cyclic N) is 1. The van der Waals surface area contributed by atoms with Crippen molar-refractivity contribution in [1.82, 2.24) is 9.88 Å². The lowest BCUT2D eigenvalue weighted by Crippen LogP contribution is -2.66. The van der Waals surface area contributed by atoms with Gasteiger partial charge in [0.25, 0.3) is 0 Å². The molecule has 3 rings (SSSR count). The lowest BCUT2D eigenvalue weighted by Gasteiger charge is -2.52. The molecule has 1 aromatic rings. The van der Waals surface area contributed by atoms with Crippen LogP contribution in [0.3, 0.4) is 0 Å². The maximum Gasteiger partial charge on any atom is 0.0958 e. The smallest absolute Gasteiger partial charge is 0.0958 e. The molecule has 1 atom stereocenters. The van der Waals surface area contributed by atoms with Crippen molar-refractivity contribution < 1.29 is 5.11 Å². The van der Waals surface area contributed by atoms with Crippen LogP contribution in [0.4, 0.5) is 5.69 Å². The largest absolute Gasteiger partial charge is 0.387 e. The van der Waals surface area contributed by atoms with Gasteiger partial charge in [-0.3, -0.25) is 0 Å². The van der Waals surface area contributed by atoms with Crippen molar-refractivity contribution in [2.24, 2.45) is 5.92 Å². The monoisotopic (exact) mass is 293 g/mol. The van der Waals surface area contributed by atoms with E-state index < -0.39 is 5.60 Å². The van der Waals surface area contributed by atoms with E-state index in [1.165, 1.54) is 5.69 Å². The average molecular weight is 293 g/mol. The third-order valence-corrected chi connectivity index (χ3v) is 5.22. The lowest BCUT2D eigenvalue weighted by molar-refractivity contribution is -0.128. The summed E-state index contributed by atoms with van der Waals surface area (Å²) in [5.74, 6) is 0.382. The number of piperidine rings is 1. The van der Waals surface area contributed by atoms with Gasteiger partial charge in [0.05, 0.1) is 22.5 Å². The van der Waals surface area contributed by atoms with Gasteiger partial charge in [0, 0.05) is 32.1 Å². The summed E-state index contributed by atoms with van der Waals surface area (Å²) >= 11 is 1.67. The van der Waals surface area contributed by atoms with Gasteiger partial charge in [-0.25, -0.2) is 4.98 Å². The van der Waals surface area contributed by atoms with Crippen LogP contribution in [0.15, 0.2) is 23.4 Å². The summed E-state index contributed by atoms with van der Waals surface area (Å²) in [7, 11) is 2.07. The zero-order chi connectivity index (χ0) is 14.2. The fourth-order valence-electron chi connectivity index (χ4n) is 3.48. The van der Waals surface area contributed by atoms with Gasteiger partial charge in [-0.2, -0.15) is 0 Å². The summed E-state index contributed by atoms with van der Waals surface area (Å²) in [6.45, 7) is 3.65. The molecule has 1 N–H and O–H groups in total. The first-order valence-electron chi connectivity index (χ1n) is 7.27. The number of hydrogen-bond donors (Lipinski definition) is 1. The summed E-state index contributed by atoms with van der Waals surface area (Å²) in [6.07, 6.45) is 6.30. The van der Waals surface area contributed by atoms with Crippen LogP contribution in [0.2, 0.25) is 0 Å². The molecule has 110 valence electrons. The SMILES string of the molecule is CSc1ccc(N2CCC[C@@H](C3(O)CN(C)C3)C2)cn1. The van der Waals surface area contributed by atoms with Crippen LogP contribution in [0.25, 0.3) is 0 Å². The minimum atomic E-state index is -0.472. The van der Waals surface area contributed by atoms with E-state index in [-0.39, 0.29) is 0 Å². The molecule has 5 heteroatoms. The summed E-state index contributed by atoms with van der Waals surface area (Å²) in [5, 5.41) is 11.7. The Morgan fingerprint density at radius 3 is 2.80 bits per heavy atom. The highest BCUT2D eigenvalue weighted by atomic mass is 32.2. The number of rotatable bonds is 3. The van der Waals surface area contributed by atoms with Crippen molar-refractivity contribution >= 4 is 17.4 Å². The van der Waals surface area contributed by atoms with Gasteiger partial charge < -0.3 is 14.9 Å². The fourth-order valence-corrected chi connectivity index (χ4v) is 3.84. The zero-order valence-electron chi connectivity index (χ0n) is 12.2. The number of nitrogens with zero attached hydrogens (tertiary/aromatic N) is 3. The first-order chi connectivity index (χ1) is 9.60. The standard InChI is InChI=1S/C15H23N3OS/c1-17-10-15(19,11-17)12-4-3-7-18(9-12)13-5-6-14(20-2)16-8-13/h5-6,8,12,19H,3-4,7,9-11H2,1-2H3/t12-/m1/s1. The van der Waals surface area contributed by atoms with Crippen molar-refractivity contribution in [2.75, 3.05) is 44.4 Å². The summed E-state index contributed by atoms with van der Waals surface area (Å²) in [4.78, 5) is 9.02. The minimum Gasteiger partial charge on any atom is -0.387 e. The van der Waals surface area contributed by atoms with Gasteiger partial charge in [0.2, 0.25) is 0 Å². The van der Waals surface area contributed by atoms with Crippen LogP contribution >= 0.6 is 11.8 Å². The second-order valence-electron chi connectivity index (χ2n) is 6.12. The third kappa shape index (κ3) is 2.67. The zero-order valence-corrected chi connectivity index (χ0v) is 13.1. The first kappa shape index (κ1) is 14.2. The van der Waals surface area contributed by atoms with E-state index in [1.54, 1.807) is 11.8 Å². The topological polar surface area (TPSA) is 39.6 Å². The molecule has 0 amide bonds. The Kier molecular flexibility index (Phi) is 3.93. The highest BCUT2D eigenvalue weighted by molar-refractivity contribution is 7.98. The number of anilines is 1. The van der Waals surface area contributed by atoms with Crippen LogP contribution in [0, 0.1) is 5.92 Å². The maximum absolute atomic E-state index is 10.7. The first-order valence-corrected chi connectivity index (χ1v) is 8.49. The maximum atomic E-state index is 10.7. The van der Waals surface area contributed by atoms with Crippen molar-refractivity contribution in [2.45, 2.75) is 23.5 Å². The molecule has 2 saturated heterocycles. The lowest BCUT2D eigenvalue weighted by atomic mass is 9.76. The number of thioether (sulfide) groups is 1. The highest BCUT2D eigenvalue weighted by Gasteiger charge is 2.46. The molecule has 0 spiro atoms. The number of hydrogen-bond acceptors (Lipinski definition) is 5. The molecule has 2 aliphatic heterocycles. The Balaban J connectivity index is 1.68. The molecule has 4 nitrogen and oxygen atoms in total. The summed E-state index contributed by atoms with van der Waals surface area (Å²) < 4.78 is 0. The molecular weight excluding hydrogens is 270 g/mol. The highest BCUT2D eigenvalue weighted by Crippen LogP contribution is 2.35. The molecule has 20 heavy (non-hydrogen) atoms. The van der Waals surface area contributed by atoms with E-state index in [0.29, 0.717) is 5.92 Å². The van der Waals surface area contributed by atoms with Gasteiger partial charge in [-0.05, 0) is 38.3 Å². The van der Waals surface area contributed by atoms with Crippen molar-refractivity contribution in [1.29, 1.82) is 0 Å².